The second kappa shape index (κ2) is 10.9. The molecule has 1 aliphatic heterocycles. The van der Waals surface area contributed by atoms with Crippen molar-refractivity contribution in [2.45, 2.75) is 32.9 Å². The van der Waals surface area contributed by atoms with Crippen LogP contribution in [0.5, 0.6) is 0 Å². The van der Waals surface area contributed by atoms with Crippen LogP contribution in [0.25, 0.3) is 22.6 Å². The number of amides is 2. The molecule has 1 saturated heterocycles. The molecule has 1 aliphatic rings. The normalized spacial score (nSPS) is 15.6. The number of ether oxygens (including phenoxy) is 1. The van der Waals surface area contributed by atoms with Gasteiger partial charge in [-0.15, -0.1) is 5.10 Å². The van der Waals surface area contributed by atoms with Crippen LogP contribution in [0.4, 0.5) is 22.0 Å². The summed E-state index contributed by atoms with van der Waals surface area (Å²) in [5.41, 5.74) is 4.50. The van der Waals surface area contributed by atoms with Crippen molar-refractivity contribution >= 4 is 34.4 Å². The first kappa shape index (κ1) is 24.6. The minimum atomic E-state index is -0.346. The summed E-state index contributed by atoms with van der Waals surface area (Å²) in [5, 5.41) is 23.3. The predicted molar refractivity (Wildman–Crippen MR) is 142 cm³/mol. The number of fused-ring (bicyclic) bond motifs is 1. The zero-order valence-corrected chi connectivity index (χ0v) is 20.9. The summed E-state index contributed by atoms with van der Waals surface area (Å²) in [4.78, 5) is 24.3. The standard InChI is InChI=1S/C26H30N8O3/c1-3-34-25-22(31-32-34)24(33-13-15-37-16-17(33)2)29-23(30-25)19-6-10-21(11-7-19)28-26(36)27-20-8-4-18(5-9-20)12-14-35/h4-11,17,35H,3,12-16H2,1-2H3,(H2,27,28,36)/t17-/m0/s1. The number of hydrogen-bond donors (Lipinski definition) is 3. The van der Waals surface area contributed by atoms with E-state index in [0.717, 1.165) is 16.9 Å². The van der Waals surface area contributed by atoms with Gasteiger partial charge >= 0.3 is 6.03 Å². The highest BCUT2D eigenvalue weighted by Crippen LogP contribution is 2.29. The van der Waals surface area contributed by atoms with Crippen molar-refractivity contribution in [3.8, 4) is 11.4 Å². The third kappa shape index (κ3) is 5.37. The van der Waals surface area contributed by atoms with Crippen molar-refractivity contribution in [3.63, 3.8) is 0 Å². The summed E-state index contributed by atoms with van der Waals surface area (Å²) in [6.45, 7) is 6.81. The summed E-state index contributed by atoms with van der Waals surface area (Å²) < 4.78 is 7.38. The van der Waals surface area contributed by atoms with Crippen LogP contribution < -0.4 is 15.5 Å². The molecule has 0 aliphatic carbocycles. The fraction of sp³-hybridized carbons (Fsp3) is 0.346. The van der Waals surface area contributed by atoms with Crippen LogP contribution in [0.15, 0.2) is 48.5 Å². The molecular weight excluding hydrogens is 472 g/mol. The molecule has 5 rings (SSSR count). The van der Waals surface area contributed by atoms with E-state index < -0.39 is 0 Å². The number of carbonyl (C=O) groups excluding carboxylic acids is 1. The number of benzene rings is 2. The lowest BCUT2D eigenvalue weighted by molar-refractivity contribution is 0.0987. The van der Waals surface area contributed by atoms with E-state index in [1.165, 1.54) is 0 Å². The molecule has 1 atom stereocenters. The highest BCUT2D eigenvalue weighted by atomic mass is 16.5. The number of aliphatic hydroxyl groups excluding tert-OH is 1. The van der Waals surface area contributed by atoms with Gasteiger partial charge < -0.3 is 25.4 Å². The van der Waals surface area contributed by atoms with Gasteiger partial charge in [0.15, 0.2) is 22.8 Å². The van der Waals surface area contributed by atoms with Crippen molar-refractivity contribution in [2.24, 2.45) is 0 Å². The van der Waals surface area contributed by atoms with Crippen LogP contribution in [-0.2, 0) is 17.7 Å². The Balaban J connectivity index is 1.35. The SMILES string of the molecule is CCn1nnc2c(N3CCOC[C@@H]3C)nc(-c3ccc(NC(=O)Nc4ccc(CCO)cc4)cc3)nc21. The molecule has 11 heteroatoms. The van der Waals surface area contributed by atoms with Crippen molar-refractivity contribution in [1.29, 1.82) is 0 Å². The third-order valence-corrected chi connectivity index (χ3v) is 6.30. The smallest absolute Gasteiger partial charge is 0.323 e. The number of aliphatic hydroxyl groups is 1. The number of aromatic nitrogens is 5. The number of rotatable bonds is 7. The molecule has 0 bridgehead atoms. The first-order chi connectivity index (χ1) is 18.1. The number of nitrogens with one attached hydrogen (secondary N) is 2. The molecule has 2 amide bonds. The largest absolute Gasteiger partial charge is 0.396 e. The average molecular weight is 503 g/mol. The van der Waals surface area contributed by atoms with Crippen LogP contribution in [0.2, 0.25) is 0 Å². The van der Waals surface area contributed by atoms with E-state index in [9.17, 15) is 4.79 Å². The van der Waals surface area contributed by atoms with Gasteiger partial charge in [0.05, 0.1) is 19.3 Å². The molecule has 11 nitrogen and oxygen atoms in total. The minimum Gasteiger partial charge on any atom is -0.396 e. The Morgan fingerprint density at radius 2 is 1.78 bits per heavy atom. The molecule has 0 unspecified atom stereocenters. The number of urea groups is 1. The van der Waals surface area contributed by atoms with Gasteiger partial charge in [0.1, 0.15) is 0 Å². The molecule has 3 N–H and O–H groups in total. The molecule has 4 aromatic rings. The number of nitrogens with zero attached hydrogens (tertiary/aromatic N) is 6. The van der Waals surface area contributed by atoms with Gasteiger partial charge in [-0.1, -0.05) is 17.3 Å². The molecule has 192 valence electrons. The first-order valence-corrected chi connectivity index (χ1v) is 12.4. The summed E-state index contributed by atoms with van der Waals surface area (Å²) >= 11 is 0. The molecule has 0 saturated carbocycles. The van der Waals surface area contributed by atoms with E-state index in [0.29, 0.717) is 61.1 Å². The van der Waals surface area contributed by atoms with E-state index in [1.54, 1.807) is 4.68 Å². The lowest BCUT2D eigenvalue weighted by Crippen LogP contribution is -2.44. The predicted octanol–water partition coefficient (Wildman–Crippen LogP) is 3.31. The molecule has 3 heterocycles. The maximum absolute atomic E-state index is 12.5. The number of morpholine rings is 1. The third-order valence-electron chi connectivity index (χ3n) is 6.30. The Labute approximate surface area is 214 Å². The maximum Gasteiger partial charge on any atom is 0.323 e. The van der Waals surface area contributed by atoms with Crippen LogP contribution >= 0.6 is 0 Å². The van der Waals surface area contributed by atoms with Crippen LogP contribution in [0.1, 0.15) is 19.4 Å². The number of hydrogen-bond acceptors (Lipinski definition) is 8. The molecule has 1 fully saturated rings. The van der Waals surface area contributed by atoms with E-state index >= 15 is 0 Å². The van der Waals surface area contributed by atoms with Gasteiger partial charge in [-0.25, -0.2) is 19.4 Å². The van der Waals surface area contributed by atoms with Crippen molar-refractivity contribution in [3.05, 3.63) is 54.1 Å². The second-order valence-corrected chi connectivity index (χ2v) is 8.89. The molecule has 2 aromatic carbocycles. The molecule has 2 aromatic heterocycles. The fourth-order valence-corrected chi connectivity index (χ4v) is 4.31. The minimum absolute atomic E-state index is 0.0922. The molecule has 37 heavy (non-hydrogen) atoms. The second-order valence-electron chi connectivity index (χ2n) is 8.89. The fourth-order valence-electron chi connectivity index (χ4n) is 4.31. The van der Waals surface area contributed by atoms with E-state index in [-0.39, 0.29) is 18.7 Å². The Hall–Kier alpha value is -4.09. The molecule has 0 radical (unpaired) electrons. The zero-order valence-electron chi connectivity index (χ0n) is 20.9. The van der Waals surface area contributed by atoms with Gasteiger partial charge in [-0.05, 0) is 62.2 Å². The van der Waals surface area contributed by atoms with Crippen molar-refractivity contribution < 1.29 is 14.6 Å². The highest BCUT2D eigenvalue weighted by Gasteiger charge is 2.26. The van der Waals surface area contributed by atoms with Crippen LogP contribution in [0.3, 0.4) is 0 Å². The Morgan fingerprint density at radius 3 is 2.43 bits per heavy atom. The summed E-state index contributed by atoms with van der Waals surface area (Å²) in [5.74, 6) is 1.32. The average Bonchev–Trinajstić information content (AvgIpc) is 3.33. The first-order valence-electron chi connectivity index (χ1n) is 12.4. The van der Waals surface area contributed by atoms with Gasteiger partial charge in [-0.2, -0.15) is 0 Å². The number of anilines is 3. The number of aryl methyl sites for hydroxylation is 1. The van der Waals surface area contributed by atoms with Crippen molar-refractivity contribution in [2.75, 3.05) is 41.9 Å². The lowest BCUT2D eigenvalue weighted by atomic mass is 10.1. The topological polar surface area (TPSA) is 130 Å². The molecular formula is C26H30N8O3. The summed E-state index contributed by atoms with van der Waals surface area (Å²) in [7, 11) is 0. The maximum atomic E-state index is 12.5. The quantitative estimate of drug-likeness (QED) is 0.351. The van der Waals surface area contributed by atoms with Gasteiger partial charge in [0, 0.05) is 36.6 Å². The summed E-state index contributed by atoms with van der Waals surface area (Å²) in [6.07, 6.45) is 0.583. The number of carbonyl (C=O) groups is 1. The van der Waals surface area contributed by atoms with Gasteiger partial charge in [-0.3, -0.25) is 0 Å². The Bertz CT molecular complexity index is 1370. The van der Waals surface area contributed by atoms with E-state index in [2.05, 4.69) is 32.8 Å². The Kier molecular flexibility index (Phi) is 7.24. The highest BCUT2D eigenvalue weighted by molar-refractivity contribution is 5.99. The zero-order chi connectivity index (χ0) is 25.8. The molecule has 0 spiro atoms. The van der Waals surface area contributed by atoms with Crippen molar-refractivity contribution in [1.82, 2.24) is 25.0 Å². The van der Waals surface area contributed by atoms with Gasteiger partial charge in [0.2, 0.25) is 0 Å². The van der Waals surface area contributed by atoms with E-state index in [1.807, 2.05) is 55.5 Å². The Morgan fingerprint density at radius 1 is 1.08 bits per heavy atom. The van der Waals surface area contributed by atoms with Crippen LogP contribution in [-0.4, -0.2) is 68.5 Å². The lowest BCUT2D eigenvalue weighted by Gasteiger charge is -2.34. The summed E-state index contributed by atoms with van der Waals surface area (Å²) in [6, 6.07) is 14.6. The van der Waals surface area contributed by atoms with E-state index in [4.69, 9.17) is 19.8 Å². The monoisotopic (exact) mass is 502 g/mol. The van der Waals surface area contributed by atoms with Gasteiger partial charge in [0.25, 0.3) is 0 Å². The van der Waals surface area contributed by atoms with Crippen LogP contribution in [0, 0.1) is 0 Å².